The Morgan fingerprint density at radius 2 is 1.50 bits per heavy atom. The SMILES string of the molecule is CC(C)(C)OC(=O)NC(C(=O)NC1C(=O)N2C(C(=O)OC(c3ccccc3)c3ccccc3)=C(CC(F)=C(F)F)CS[C@@H]12)c1ccc(O)cc1. The number of amides is 3. The first-order valence-electron chi connectivity index (χ1n) is 15.5. The Morgan fingerprint density at radius 3 is 2.04 bits per heavy atom. The number of thioether (sulfide) groups is 1. The van der Waals surface area contributed by atoms with Crippen molar-refractivity contribution in [2.24, 2.45) is 0 Å². The molecule has 2 heterocycles. The topological polar surface area (TPSA) is 134 Å². The number of ether oxygens (including phenoxy) is 2. The highest BCUT2D eigenvalue weighted by molar-refractivity contribution is 8.00. The molecule has 3 aromatic rings. The van der Waals surface area contributed by atoms with E-state index in [1.54, 1.807) is 81.4 Å². The lowest BCUT2D eigenvalue weighted by Gasteiger charge is -2.50. The fourth-order valence-corrected chi connectivity index (χ4v) is 6.78. The van der Waals surface area contributed by atoms with Gasteiger partial charge < -0.3 is 25.2 Å². The van der Waals surface area contributed by atoms with Gasteiger partial charge >= 0.3 is 18.1 Å². The number of halogens is 3. The summed E-state index contributed by atoms with van der Waals surface area (Å²) in [4.78, 5) is 55.0. The molecule has 2 unspecified atom stereocenters. The number of phenolic OH excluding ortho intramolecular Hbond substituents is 1. The molecule has 5 rings (SSSR count). The molecule has 3 N–H and O–H groups in total. The molecule has 0 saturated carbocycles. The summed E-state index contributed by atoms with van der Waals surface area (Å²) >= 11 is 1.04. The molecule has 1 fully saturated rings. The summed E-state index contributed by atoms with van der Waals surface area (Å²) in [6.45, 7) is 4.92. The van der Waals surface area contributed by atoms with E-state index in [0.29, 0.717) is 11.1 Å². The van der Waals surface area contributed by atoms with Crippen LogP contribution in [0.3, 0.4) is 0 Å². The normalized spacial score (nSPS) is 17.7. The molecule has 3 aromatic carbocycles. The highest BCUT2D eigenvalue weighted by atomic mass is 32.2. The summed E-state index contributed by atoms with van der Waals surface area (Å²) in [5, 5.41) is 13.9. The summed E-state index contributed by atoms with van der Waals surface area (Å²) in [5.41, 5.74) is 0.0794. The minimum absolute atomic E-state index is 0.0868. The van der Waals surface area contributed by atoms with Gasteiger partial charge in [-0.25, -0.2) is 14.0 Å². The predicted molar refractivity (Wildman–Crippen MR) is 178 cm³/mol. The van der Waals surface area contributed by atoms with Crippen molar-refractivity contribution < 1.29 is 46.9 Å². The number of hydrogen-bond donors (Lipinski definition) is 3. The number of alkyl carbamates (subject to hydrolysis) is 1. The standard InChI is InChI=1S/C36H34F3N3O7S/c1-36(2,3)49-35(47)41-26(20-14-16-24(43)17-15-20)31(44)40-27-32(45)42-28(23(19-50-33(27)42)18-25(37)30(38)39)34(46)48-29(21-10-6-4-7-11-21)22-12-8-5-9-13-22/h4-17,26-27,29,33,43H,18-19H2,1-3H3,(H,40,44)(H,41,47)/t26?,27?,33-/m0/s1. The fraction of sp³-hybridized carbons (Fsp3) is 0.278. The molecular formula is C36H34F3N3O7S. The Bertz CT molecular complexity index is 1770. The van der Waals surface area contributed by atoms with E-state index in [-0.39, 0.29) is 28.3 Å². The van der Waals surface area contributed by atoms with Crippen LogP contribution in [0, 0.1) is 0 Å². The first kappa shape index (κ1) is 36.1. The average molecular weight is 710 g/mol. The van der Waals surface area contributed by atoms with Crippen molar-refractivity contribution in [1.82, 2.24) is 15.5 Å². The maximum Gasteiger partial charge on any atom is 0.408 e. The number of allylic oxidation sites excluding steroid dienone is 1. The van der Waals surface area contributed by atoms with Crippen molar-refractivity contribution in [2.45, 2.75) is 56.4 Å². The van der Waals surface area contributed by atoms with Crippen molar-refractivity contribution in [2.75, 3.05) is 5.75 Å². The number of nitrogens with one attached hydrogen (secondary N) is 2. The van der Waals surface area contributed by atoms with Crippen molar-refractivity contribution in [3.05, 3.63) is 125 Å². The number of fused-ring (bicyclic) bond motifs is 1. The van der Waals surface area contributed by atoms with E-state index in [4.69, 9.17) is 9.47 Å². The second kappa shape index (κ2) is 15.1. The van der Waals surface area contributed by atoms with Gasteiger partial charge in [-0.3, -0.25) is 14.5 Å². The van der Waals surface area contributed by atoms with Gasteiger partial charge in [-0.1, -0.05) is 72.8 Å². The summed E-state index contributed by atoms with van der Waals surface area (Å²) in [7, 11) is 0. The smallest absolute Gasteiger partial charge is 0.408 e. The quantitative estimate of drug-likeness (QED) is 0.163. The van der Waals surface area contributed by atoms with Crippen molar-refractivity contribution in [1.29, 1.82) is 0 Å². The zero-order chi connectivity index (χ0) is 36.2. The van der Waals surface area contributed by atoms with Gasteiger partial charge in [0.15, 0.2) is 11.9 Å². The summed E-state index contributed by atoms with van der Waals surface area (Å²) in [5.74, 6) is -4.60. The molecule has 262 valence electrons. The van der Waals surface area contributed by atoms with E-state index in [1.807, 2.05) is 0 Å². The van der Waals surface area contributed by atoms with E-state index in [2.05, 4.69) is 10.6 Å². The Kier molecular flexibility index (Phi) is 10.9. The first-order chi connectivity index (χ1) is 23.7. The van der Waals surface area contributed by atoms with Crippen LogP contribution in [0.25, 0.3) is 0 Å². The average Bonchev–Trinajstić information content (AvgIpc) is 3.08. The molecule has 0 aromatic heterocycles. The highest BCUT2D eigenvalue weighted by Crippen LogP contribution is 2.43. The Balaban J connectivity index is 1.43. The van der Waals surface area contributed by atoms with Crippen LogP contribution in [-0.4, -0.2) is 56.7 Å². The number of β-lactam (4-membered cyclic amide) rings is 1. The molecule has 50 heavy (non-hydrogen) atoms. The van der Waals surface area contributed by atoms with Crippen LogP contribution in [0.1, 0.15) is 56.0 Å². The van der Waals surface area contributed by atoms with E-state index in [9.17, 15) is 37.5 Å². The molecule has 2 aliphatic heterocycles. The molecule has 2 aliphatic rings. The van der Waals surface area contributed by atoms with Gasteiger partial charge in [-0.2, -0.15) is 8.78 Å². The Labute approximate surface area is 290 Å². The second-order valence-electron chi connectivity index (χ2n) is 12.5. The second-order valence-corrected chi connectivity index (χ2v) is 13.6. The summed E-state index contributed by atoms with van der Waals surface area (Å²) in [6.07, 6.45) is -5.36. The van der Waals surface area contributed by atoms with Crippen LogP contribution in [0.4, 0.5) is 18.0 Å². The van der Waals surface area contributed by atoms with Crippen molar-refractivity contribution in [3.8, 4) is 5.75 Å². The first-order valence-corrected chi connectivity index (χ1v) is 16.5. The molecule has 1 saturated heterocycles. The van der Waals surface area contributed by atoms with Gasteiger partial charge in [0.2, 0.25) is 5.91 Å². The maximum atomic E-state index is 14.3. The highest BCUT2D eigenvalue weighted by Gasteiger charge is 2.55. The Hall–Kier alpha value is -5.24. The number of aromatic hydroxyl groups is 1. The van der Waals surface area contributed by atoms with Crippen LogP contribution in [0.15, 0.2) is 108 Å². The van der Waals surface area contributed by atoms with Gasteiger partial charge in [0.25, 0.3) is 5.91 Å². The van der Waals surface area contributed by atoms with E-state index >= 15 is 0 Å². The third kappa shape index (κ3) is 8.30. The molecule has 0 aliphatic carbocycles. The summed E-state index contributed by atoms with van der Waals surface area (Å²) in [6, 6.07) is 20.3. The minimum atomic E-state index is -2.55. The number of phenols is 1. The van der Waals surface area contributed by atoms with Gasteiger partial charge in [0.1, 0.15) is 34.5 Å². The molecule has 0 bridgehead atoms. The molecule has 0 spiro atoms. The van der Waals surface area contributed by atoms with Crippen LogP contribution in [-0.2, 0) is 23.9 Å². The third-order valence-electron chi connectivity index (χ3n) is 7.69. The molecule has 10 nitrogen and oxygen atoms in total. The molecule has 0 radical (unpaired) electrons. The molecule has 14 heteroatoms. The third-order valence-corrected chi connectivity index (χ3v) is 9.03. The zero-order valence-electron chi connectivity index (χ0n) is 27.2. The fourth-order valence-electron chi connectivity index (χ4n) is 5.44. The van der Waals surface area contributed by atoms with E-state index < -0.39 is 71.4 Å². The number of carbonyl (C=O) groups is 4. The number of esters is 1. The number of nitrogens with zero attached hydrogens (tertiary/aromatic N) is 1. The number of hydrogen-bond acceptors (Lipinski definition) is 8. The molecule has 3 amide bonds. The Morgan fingerprint density at radius 1 is 0.920 bits per heavy atom. The van der Waals surface area contributed by atoms with Gasteiger partial charge in [0.05, 0.1) is 0 Å². The number of rotatable bonds is 10. The number of benzene rings is 3. The lowest BCUT2D eigenvalue weighted by Crippen LogP contribution is -2.71. The van der Waals surface area contributed by atoms with Crippen LogP contribution in [0.5, 0.6) is 5.75 Å². The lowest BCUT2D eigenvalue weighted by atomic mass is 9.99. The van der Waals surface area contributed by atoms with Crippen LogP contribution in [0.2, 0.25) is 0 Å². The maximum absolute atomic E-state index is 14.3. The zero-order valence-corrected chi connectivity index (χ0v) is 28.0. The minimum Gasteiger partial charge on any atom is -0.508 e. The van der Waals surface area contributed by atoms with Gasteiger partial charge in [0, 0.05) is 12.2 Å². The summed E-state index contributed by atoms with van der Waals surface area (Å²) < 4.78 is 52.0. The van der Waals surface area contributed by atoms with Gasteiger partial charge in [-0.05, 0) is 55.2 Å². The van der Waals surface area contributed by atoms with E-state index in [0.717, 1.165) is 16.7 Å². The molecular weight excluding hydrogens is 675 g/mol. The predicted octanol–water partition coefficient (Wildman–Crippen LogP) is 6.41. The lowest BCUT2D eigenvalue weighted by molar-refractivity contribution is -0.154. The van der Waals surface area contributed by atoms with Crippen molar-refractivity contribution in [3.63, 3.8) is 0 Å². The van der Waals surface area contributed by atoms with Gasteiger partial charge in [-0.15, -0.1) is 11.8 Å². The van der Waals surface area contributed by atoms with Crippen LogP contribution >= 0.6 is 11.8 Å². The van der Waals surface area contributed by atoms with E-state index in [1.165, 1.54) is 24.3 Å². The number of carbonyl (C=O) groups excluding carboxylic acids is 4. The largest absolute Gasteiger partial charge is 0.508 e. The van der Waals surface area contributed by atoms with Crippen molar-refractivity contribution >= 4 is 35.6 Å². The van der Waals surface area contributed by atoms with Crippen LogP contribution < -0.4 is 10.6 Å². The molecule has 3 atom stereocenters. The monoisotopic (exact) mass is 709 g/mol.